The van der Waals surface area contributed by atoms with Crippen molar-refractivity contribution < 1.29 is 9.59 Å². The first-order valence-electron chi connectivity index (χ1n) is 7.35. The van der Waals surface area contributed by atoms with Gasteiger partial charge < -0.3 is 0 Å². The highest BCUT2D eigenvalue weighted by atomic mass is 16.2. The van der Waals surface area contributed by atoms with Crippen molar-refractivity contribution in [1.82, 2.24) is 10.9 Å². The Morgan fingerprint density at radius 2 is 1.59 bits per heavy atom. The smallest absolute Gasteiger partial charge is 0.269 e. The van der Waals surface area contributed by atoms with Gasteiger partial charge >= 0.3 is 0 Å². The van der Waals surface area contributed by atoms with Gasteiger partial charge in [-0.3, -0.25) is 20.4 Å². The maximum Gasteiger partial charge on any atom is 0.269 e. The number of amides is 2. The topological polar surface area (TPSA) is 58.2 Å². The van der Waals surface area contributed by atoms with Crippen LogP contribution in [0.25, 0.3) is 0 Å². The Labute approximate surface area is 130 Å². The maximum absolute atomic E-state index is 11.9. The highest BCUT2D eigenvalue weighted by Gasteiger charge is 2.09. The van der Waals surface area contributed by atoms with Crippen LogP contribution in [0.5, 0.6) is 0 Å². The third kappa shape index (κ3) is 4.74. The quantitative estimate of drug-likeness (QED) is 0.834. The lowest BCUT2D eigenvalue weighted by atomic mass is 10.1. The molecule has 4 heteroatoms. The average molecular weight is 296 g/mol. The van der Waals surface area contributed by atoms with Gasteiger partial charge in [0.05, 0.1) is 0 Å². The summed E-state index contributed by atoms with van der Waals surface area (Å²) < 4.78 is 0. The molecule has 0 aromatic heterocycles. The second-order valence-corrected chi connectivity index (χ2v) is 5.16. The Kier molecular flexibility index (Phi) is 5.72. The van der Waals surface area contributed by atoms with E-state index in [0.717, 1.165) is 18.4 Å². The number of carbonyl (C=O) groups excluding carboxylic acids is 2. The SMILES string of the molecule is Cc1ccccc1C(=O)NNC(=O)CCCc1ccccc1. The Bertz CT molecular complexity index is 639. The molecule has 0 spiro atoms. The highest BCUT2D eigenvalue weighted by Crippen LogP contribution is 2.06. The van der Waals surface area contributed by atoms with Crippen LogP contribution in [-0.4, -0.2) is 11.8 Å². The molecule has 114 valence electrons. The van der Waals surface area contributed by atoms with Crippen LogP contribution >= 0.6 is 0 Å². The monoisotopic (exact) mass is 296 g/mol. The fourth-order valence-electron chi connectivity index (χ4n) is 2.18. The minimum Gasteiger partial charge on any atom is -0.273 e. The van der Waals surface area contributed by atoms with Crippen LogP contribution in [0.4, 0.5) is 0 Å². The van der Waals surface area contributed by atoms with Crippen LogP contribution in [0.3, 0.4) is 0 Å². The fraction of sp³-hybridized carbons (Fsp3) is 0.222. The van der Waals surface area contributed by atoms with Crippen LogP contribution in [0, 0.1) is 6.92 Å². The van der Waals surface area contributed by atoms with Crippen molar-refractivity contribution in [3.05, 3.63) is 71.3 Å². The van der Waals surface area contributed by atoms with Gasteiger partial charge in [-0.2, -0.15) is 0 Å². The molecule has 0 aliphatic rings. The number of aryl methyl sites for hydroxylation is 2. The standard InChI is InChI=1S/C18H20N2O2/c1-14-8-5-6-12-16(14)18(22)20-19-17(21)13-7-11-15-9-3-2-4-10-15/h2-6,8-10,12H,7,11,13H2,1H3,(H,19,21)(H,20,22). The van der Waals surface area contributed by atoms with E-state index >= 15 is 0 Å². The number of rotatable bonds is 5. The molecule has 0 radical (unpaired) electrons. The van der Waals surface area contributed by atoms with E-state index in [1.165, 1.54) is 5.56 Å². The van der Waals surface area contributed by atoms with Crippen LogP contribution in [0.1, 0.15) is 34.3 Å². The summed E-state index contributed by atoms with van der Waals surface area (Å²) in [7, 11) is 0. The van der Waals surface area contributed by atoms with Crippen molar-refractivity contribution in [2.24, 2.45) is 0 Å². The van der Waals surface area contributed by atoms with E-state index in [4.69, 9.17) is 0 Å². The van der Waals surface area contributed by atoms with Crippen LogP contribution in [0.15, 0.2) is 54.6 Å². The van der Waals surface area contributed by atoms with Gasteiger partial charge in [0.15, 0.2) is 0 Å². The Balaban J connectivity index is 1.72. The third-order valence-corrected chi connectivity index (χ3v) is 3.42. The molecule has 0 atom stereocenters. The second-order valence-electron chi connectivity index (χ2n) is 5.16. The molecule has 0 heterocycles. The number of hydrazine groups is 1. The lowest BCUT2D eigenvalue weighted by Crippen LogP contribution is -2.41. The number of nitrogens with one attached hydrogen (secondary N) is 2. The molecule has 0 saturated carbocycles. The van der Waals surface area contributed by atoms with Gasteiger partial charge in [0.25, 0.3) is 5.91 Å². The molecule has 2 N–H and O–H groups in total. The number of carbonyl (C=O) groups is 2. The van der Waals surface area contributed by atoms with E-state index in [2.05, 4.69) is 10.9 Å². The van der Waals surface area contributed by atoms with Gasteiger partial charge in [0.2, 0.25) is 5.91 Å². The van der Waals surface area contributed by atoms with Crippen molar-refractivity contribution in [2.75, 3.05) is 0 Å². The van der Waals surface area contributed by atoms with Gasteiger partial charge in [-0.15, -0.1) is 0 Å². The Hall–Kier alpha value is -2.62. The molecule has 0 saturated heterocycles. The summed E-state index contributed by atoms with van der Waals surface area (Å²) in [6.07, 6.45) is 1.97. The molecule has 2 aromatic rings. The van der Waals surface area contributed by atoms with E-state index in [1.54, 1.807) is 12.1 Å². The molecule has 22 heavy (non-hydrogen) atoms. The molecule has 0 aliphatic heterocycles. The lowest BCUT2D eigenvalue weighted by Gasteiger charge is -2.09. The normalized spacial score (nSPS) is 10.0. The number of hydrogen-bond acceptors (Lipinski definition) is 2. The summed E-state index contributed by atoms with van der Waals surface area (Å²) >= 11 is 0. The second kappa shape index (κ2) is 7.98. The predicted octanol–water partition coefficient (Wildman–Crippen LogP) is 2.78. The van der Waals surface area contributed by atoms with Crippen LogP contribution in [0.2, 0.25) is 0 Å². The molecule has 2 aromatic carbocycles. The summed E-state index contributed by atoms with van der Waals surface area (Å²) in [6.45, 7) is 1.86. The highest BCUT2D eigenvalue weighted by molar-refractivity contribution is 5.96. The van der Waals surface area contributed by atoms with Crippen molar-refractivity contribution in [1.29, 1.82) is 0 Å². The largest absolute Gasteiger partial charge is 0.273 e. The average Bonchev–Trinajstić information content (AvgIpc) is 2.54. The Morgan fingerprint density at radius 1 is 0.909 bits per heavy atom. The van der Waals surface area contributed by atoms with E-state index in [1.807, 2.05) is 49.4 Å². The third-order valence-electron chi connectivity index (χ3n) is 3.42. The molecule has 2 amide bonds. The zero-order valence-electron chi connectivity index (χ0n) is 12.6. The molecule has 4 nitrogen and oxygen atoms in total. The van der Waals surface area contributed by atoms with Crippen LogP contribution < -0.4 is 10.9 Å². The molecule has 0 bridgehead atoms. The summed E-state index contributed by atoms with van der Waals surface area (Å²) in [5.74, 6) is -0.479. The first-order chi connectivity index (χ1) is 10.7. The fourth-order valence-corrected chi connectivity index (χ4v) is 2.18. The number of benzene rings is 2. The first kappa shape index (κ1) is 15.8. The van der Waals surface area contributed by atoms with Crippen molar-refractivity contribution in [3.63, 3.8) is 0 Å². The van der Waals surface area contributed by atoms with E-state index in [9.17, 15) is 9.59 Å². The zero-order valence-corrected chi connectivity index (χ0v) is 12.6. The van der Waals surface area contributed by atoms with Crippen molar-refractivity contribution >= 4 is 11.8 Å². The molecular weight excluding hydrogens is 276 g/mol. The maximum atomic E-state index is 11.9. The first-order valence-corrected chi connectivity index (χ1v) is 7.35. The van der Waals surface area contributed by atoms with Crippen LogP contribution in [-0.2, 0) is 11.2 Å². The van der Waals surface area contributed by atoms with Gasteiger partial charge in [-0.1, -0.05) is 48.5 Å². The van der Waals surface area contributed by atoms with Crippen molar-refractivity contribution in [2.45, 2.75) is 26.2 Å². The summed E-state index contributed by atoms with van der Waals surface area (Å²) in [5, 5.41) is 0. The lowest BCUT2D eigenvalue weighted by molar-refractivity contribution is -0.121. The van der Waals surface area contributed by atoms with E-state index < -0.39 is 0 Å². The van der Waals surface area contributed by atoms with E-state index in [0.29, 0.717) is 12.0 Å². The molecule has 0 unspecified atom stereocenters. The molecule has 2 rings (SSSR count). The minimum atomic E-state index is -0.297. The van der Waals surface area contributed by atoms with Gasteiger partial charge in [0, 0.05) is 12.0 Å². The summed E-state index contributed by atoms with van der Waals surface area (Å²) in [6, 6.07) is 17.3. The van der Waals surface area contributed by atoms with E-state index in [-0.39, 0.29) is 11.8 Å². The summed E-state index contributed by atoms with van der Waals surface area (Å²) in [4.78, 5) is 23.7. The Morgan fingerprint density at radius 3 is 2.32 bits per heavy atom. The van der Waals surface area contributed by atoms with Crippen molar-refractivity contribution in [3.8, 4) is 0 Å². The predicted molar refractivity (Wildman–Crippen MR) is 86.2 cm³/mol. The molecule has 0 aliphatic carbocycles. The van der Waals surface area contributed by atoms with Gasteiger partial charge in [0.1, 0.15) is 0 Å². The minimum absolute atomic E-state index is 0.183. The number of hydrogen-bond donors (Lipinski definition) is 2. The van der Waals surface area contributed by atoms with Gasteiger partial charge in [-0.25, -0.2) is 0 Å². The van der Waals surface area contributed by atoms with Gasteiger partial charge in [-0.05, 0) is 37.0 Å². The zero-order chi connectivity index (χ0) is 15.8. The molecule has 0 fully saturated rings. The molecular formula is C18H20N2O2. The summed E-state index contributed by atoms with van der Waals surface area (Å²) in [5.41, 5.74) is 7.55.